The predicted octanol–water partition coefficient (Wildman–Crippen LogP) is 2.92. The van der Waals surface area contributed by atoms with Crippen LogP contribution < -0.4 is 10.6 Å². The molecule has 2 aromatic carbocycles. The minimum atomic E-state index is -0.256. The zero-order valence-electron chi connectivity index (χ0n) is 14.1. The van der Waals surface area contributed by atoms with Crippen LogP contribution in [0.1, 0.15) is 29.3 Å². The van der Waals surface area contributed by atoms with Crippen LogP contribution in [-0.4, -0.2) is 22.4 Å². The number of rotatable bonds is 3. The summed E-state index contributed by atoms with van der Waals surface area (Å²) in [5, 5.41) is 0. The van der Waals surface area contributed by atoms with Crippen molar-refractivity contribution in [2.75, 3.05) is 11.4 Å². The number of aryl methyl sites for hydroxylation is 1. The topological polar surface area (TPSA) is 72.1 Å². The van der Waals surface area contributed by atoms with Gasteiger partial charge in [0, 0.05) is 12.2 Å². The Morgan fingerprint density at radius 1 is 1.12 bits per heavy atom. The van der Waals surface area contributed by atoms with Gasteiger partial charge >= 0.3 is 0 Å². The molecule has 1 amide bonds. The van der Waals surface area contributed by atoms with Gasteiger partial charge in [0.05, 0.1) is 34.9 Å². The Bertz CT molecular complexity index is 953. The minimum absolute atomic E-state index is 0.212. The first-order valence-electron chi connectivity index (χ1n) is 8.49. The van der Waals surface area contributed by atoms with Crippen molar-refractivity contribution in [1.29, 1.82) is 0 Å². The highest BCUT2D eigenvalue weighted by Crippen LogP contribution is 2.35. The number of nitrogens with zero attached hydrogens (tertiary/aromatic N) is 3. The quantitative estimate of drug-likeness (QED) is 0.800. The molecule has 3 aromatic rings. The summed E-state index contributed by atoms with van der Waals surface area (Å²) in [7, 11) is 0. The first kappa shape index (κ1) is 15.6. The van der Waals surface area contributed by atoms with E-state index < -0.39 is 0 Å². The van der Waals surface area contributed by atoms with Crippen LogP contribution in [0.4, 0.5) is 5.69 Å². The molecule has 0 saturated carbocycles. The van der Waals surface area contributed by atoms with E-state index in [0.717, 1.165) is 46.6 Å². The summed E-state index contributed by atoms with van der Waals surface area (Å²) >= 11 is 0. The largest absolute Gasteiger partial charge is 0.369 e. The van der Waals surface area contributed by atoms with Gasteiger partial charge in [-0.3, -0.25) is 4.79 Å². The first-order chi connectivity index (χ1) is 12.1. The third-order valence-electron chi connectivity index (χ3n) is 4.87. The van der Waals surface area contributed by atoms with Gasteiger partial charge in [0.1, 0.15) is 0 Å². The summed E-state index contributed by atoms with van der Waals surface area (Å²) in [5.74, 6) is -0.468. The highest BCUT2D eigenvalue weighted by atomic mass is 16.1. The SMILES string of the molecule is Cc1nc2ccccc2nc1CN1CCC(C(N)=O)c2ccccc21. The monoisotopic (exact) mass is 332 g/mol. The number of hydrogen-bond donors (Lipinski definition) is 1. The molecule has 0 spiro atoms. The van der Waals surface area contributed by atoms with Gasteiger partial charge in [-0.25, -0.2) is 9.97 Å². The average molecular weight is 332 g/mol. The second kappa shape index (κ2) is 6.16. The van der Waals surface area contributed by atoms with Crippen LogP contribution in [0.2, 0.25) is 0 Å². The van der Waals surface area contributed by atoms with Gasteiger partial charge in [0.25, 0.3) is 0 Å². The van der Waals surface area contributed by atoms with Crippen molar-refractivity contribution in [1.82, 2.24) is 9.97 Å². The standard InChI is InChI=1S/C20H20N4O/c1-13-18(23-17-8-4-3-7-16(17)22-13)12-24-11-10-15(20(21)25)14-6-2-5-9-19(14)24/h2-9,15H,10-12H2,1H3,(H2,21,25). The van der Waals surface area contributed by atoms with E-state index in [0.29, 0.717) is 6.54 Å². The maximum atomic E-state index is 11.8. The summed E-state index contributed by atoms with van der Waals surface area (Å²) in [6.45, 7) is 3.45. The Morgan fingerprint density at radius 2 is 1.80 bits per heavy atom. The van der Waals surface area contributed by atoms with E-state index in [9.17, 15) is 4.79 Å². The van der Waals surface area contributed by atoms with Gasteiger partial charge in [0.15, 0.2) is 0 Å². The molecule has 5 heteroatoms. The van der Waals surface area contributed by atoms with Crippen LogP contribution in [0.3, 0.4) is 0 Å². The van der Waals surface area contributed by atoms with Crippen LogP contribution in [-0.2, 0) is 11.3 Å². The fourth-order valence-electron chi connectivity index (χ4n) is 3.55. The van der Waals surface area contributed by atoms with Crippen LogP contribution in [0.15, 0.2) is 48.5 Å². The number of carbonyl (C=O) groups excluding carboxylic acids is 1. The molecule has 4 rings (SSSR count). The molecule has 0 fully saturated rings. The van der Waals surface area contributed by atoms with Crippen LogP contribution >= 0.6 is 0 Å². The van der Waals surface area contributed by atoms with Gasteiger partial charge in [-0.1, -0.05) is 30.3 Å². The molecule has 126 valence electrons. The summed E-state index contributed by atoms with van der Waals surface area (Å²) in [4.78, 5) is 23.5. The lowest BCUT2D eigenvalue weighted by Crippen LogP contribution is -2.35. The van der Waals surface area contributed by atoms with Crippen LogP contribution in [0, 0.1) is 6.92 Å². The van der Waals surface area contributed by atoms with Crippen molar-refractivity contribution in [2.24, 2.45) is 5.73 Å². The van der Waals surface area contributed by atoms with E-state index in [2.05, 4.69) is 9.88 Å². The smallest absolute Gasteiger partial charge is 0.225 e. The number of para-hydroxylation sites is 3. The predicted molar refractivity (Wildman–Crippen MR) is 98.3 cm³/mol. The Hall–Kier alpha value is -2.95. The average Bonchev–Trinajstić information content (AvgIpc) is 2.62. The highest BCUT2D eigenvalue weighted by molar-refractivity contribution is 5.85. The first-order valence-corrected chi connectivity index (χ1v) is 8.49. The van der Waals surface area contributed by atoms with E-state index in [1.807, 2.05) is 55.5 Å². The molecule has 0 aliphatic carbocycles. The van der Waals surface area contributed by atoms with Gasteiger partial charge in [0.2, 0.25) is 5.91 Å². The molecule has 25 heavy (non-hydrogen) atoms. The number of carbonyl (C=O) groups is 1. The maximum absolute atomic E-state index is 11.8. The van der Waals surface area contributed by atoms with E-state index in [4.69, 9.17) is 10.7 Å². The fourth-order valence-corrected chi connectivity index (χ4v) is 3.55. The summed E-state index contributed by atoms with van der Waals surface area (Å²) < 4.78 is 0. The summed E-state index contributed by atoms with van der Waals surface area (Å²) in [5.41, 5.74) is 11.4. The molecule has 0 bridgehead atoms. The van der Waals surface area contributed by atoms with Crippen molar-refractivity contribution in [3.63, 3.8) is 0 Å². The van der Waals surface area contributed by atoms with Crippen LogP contribution in [0.5, 0.6) is 0 Å². The second-order valence-electron chi connectivity index (χ2n) is 6.47. The maximum Gasteiger partial charge on any atom is 0.225 e. The molecule has 2 N–H and O–H groups in total. The molecule has 0 radical (unpaired) electrons. The van der Waals surface area contributed by atoms with E-state index in [-0.39, 0.29) is 11.8 Å². The van der Waals surface area contributed by atoms with Crippen molar-refractivity contribution in [3.05, 3.63) is 65.5 Å². The number of nitrogens with two attached hydrogens (primary N) is 1. The number of hydrogen-bond acceptors (Lipinski definition) is 4. The molecule has 1 unspecified atom stereocenters. The Balaban J connectivity index is 1.70. The van der Waals surface area contributed by atoms with Gasteiger partial charge < -0.3 is 10.6 Å². The Labute approximate surface area is 146 Å². The normalized spacial score (nSPS) is 16.7. The minimum Gasteiger partial charge on any atom is -0.369 e. The van der Waals surface area contributed by atoms with Crippen molar-refractivity contribution in [2.45, 2.75) is 25.8 Å². The zero-order chi connectivity index (χ0) is 17.4. The Morgan fingerprint density at radius 3 is 2.56 bits per heavy atom. The third-order valence-corrected chi connectivity index (χ3v) is 4.87. The number of amides is 1. The fraction of sp³-hybridized carbons (Fsp3) is 0.250. The number of anilines is 1. The lowest BCUT2D eigenvalue weighted by molar-refractivity contribution is -0.119. The van der Waals surface area contributed by atoms with E-state index >= 15 is 0 Å². The lowest BCUT2D eigenvalue weighted by atomic mass is 9.89. The molecular weight excluding hydrogens is 312 g/mol. The number of benzene rings is 2. The second-order valence-corrected chi connectivity index (χ2v) is 6.47. The van der Waals surface area contributed by atoms with Crippen molar-refractivity contribution in [3.8, 4) is 0 Å². The number of primary amides is 1. The third kappa shape index (κ3) is 2.82. The van der Waals surface area contributed by atoms with Crippen molar-refractivity contribution >= 4 is 22.6 Å². The van der Waals surface area contributed by atoms with Crippen molar-refractivity contribution < 1.29 is 4.79 Å². The van der Waals surface area contributed by atoms with Gasteiger partial charge in [-0.15, -0.1) is 0 Å². The number of fused-ring (bicyclic) bond motifs is 2. The van der Waals surface area contributed by atoms with Gasteiger partial charge in [-0.2, -0.15) is 0 Å². The molecule has 1 atom stereocenters. The highest BCUT2D eigenvalue weighted by Gasteiger charge is 2.28. The molecular formula is C20H20N4O. The molecule has 1 aliphatic heterocycles. The summed E-state index contributed by atoms with van der Waals surface area (Å²) in [6.07, 6.45) is 0.729. The number of aromatic nitrogens is 2. The molecule has 2 heterocycles. The Kier molecular flexibility index (Phi) is 3.84. The zero-order valence-corrected chi connectivity index (χ0v) is 14.1. The molecule has 0 saturated heterocycles. The van der Waals surface area contributed by atoms with E-state index in [1.165, 1.54) is 0 Å². The summed E-state index contributed by atoms with van der Waals surface area (Å²) in [6, 6.07) is 15.9. The van der Waals surface area contributed by atoms with Gasteiger partial charge in [-0.05, 0) is 37.1 Å². The van der Waals surface area contributed by atoms with E-state index in [1.54, 1.807) is 0 Å². The molecule has 5 nitrogen and oxygen atoms in total. The lowest BCUT2D eigenvalue weighted by Gasteiger charge is -2.34. The van der Waals surface area contributed by atoms with Crippen LogP contribution in [0.25, 0.3) is 11.0 Å². The molecule has 1 aliphatic rings. The molecule has 1 aromatic heterocycles.